The first kappa shape index (κ1) is 14.4. The summed E-state index contributed by atoms with van der Waals surface area (Å²) in [6.45, 7) is 2.01. The number of hydrogen-bond donors (Lipinski definition) is 0. The third kappa shape index (κ3) is 2.40. The molecule has 0 radical (unpaired) electrons. The van der Waals surface area contributed by atoms with E-state index in [1.807, 2.05) is 84.3 Å². The van der Waals surface area contributed by atoms with Crippen LogP contribution in [0.5, 0.6) is 0 Å². The Morgan fingerprint density at radius 3 is 2.42 bits per heavy atom. The summed E-state index contributed by atoms with van der Waals surface area (Å²) in [5, 5.41) is 1.03. The largest absolute Gasteiger partial charge is 0.290 e. The van der Waals surface area contributed by atoms with Crippen molar-refractivity contribution in [2.75, 3.05) is 0 Å². The van der Waals surface area contributed by atoms with E-state index < -0.39 is 0 Å². The zero-order valence-corrected chi connectivity index (χ0v) is 13.3. The van der Waals surface area contributed by atoms with Crippen LogP contribution in [0, 0.1) is 6.92 Å². The van der Waals surface area contributed by atoms with Gasteiger partial charge in [-0.25, -0.2) is 4.98 Å². The van der Waals surface area contributed by atoms with Crippen molar-refractivity contribution in [3.63, 3.8) is 0 Å². The minimum Gasteiger partial charge on any atom is -0.290 e. The summed E-state index contributed by atoms with van der Waals surface area (Å²) in [7, 11) is 0. The molecule has 0 aliphatic heterocycles. The highest BCUT2D eigenvalue weighted by molar-refractivity contribution is 6.11. The SMILES string of the molecule is Cc1ccc(C(=O)c2cc3ccccc3n2-c2ccccn2)cc1. The predicted octanol–water partition coefficient (Wildman–Crippen LogP) is 4.56. The maximum atomic E-state index is 13.1. The summed E-state index contributed by atoms with van der Waals surface area (Å²) >= 11 is 0. The van der Waals surface area contributed by atoms with E-state index in [1.54, 1.807) is 6.20 Å². The van der Waals surface area contributed by atoms with Gasteiger partial charge in [0, 0.05) is 17.1 Å². The van der Waals surface area contributed by atoms with Crippen molar-refractivity contribution < 1.29 is 4.79 Å². The molecule has 0 saturated carbocycles. The lowest BCUT2D eigenvalue weighted by molar-refractivity contribution is 0.103. The summed E-state index contributed by atoms with van der Waals surface area (Å²) in [5.74, 6) is 0.742. The van der Waals surface area contributed by atoms with Crippen LogP contribution in [0.1, 0.15) is 21.6 Å². The molecular weight excluding hydrogens is 296 g/mol. The predicted molar refractivity (Wildman–Crippen MR) is 95.7 cm³/mol. The van der Waals surface area contributed by atoms with Crippen LogP contribution in [0.2, 0.25) is 0 Å². The molecule has 0 bridgehead atoms. The van der Waals surface area contributed by atoms with E-state index in [1.165, 1.54) is 0 Å². The normalized spacial score (nSPS) is 10.9. The molecular formula is C21H16N2O. The van der Waals surface area contributed by atoms with Gasteiger partial charge in [-0.3, -0.25) is 9.36 Å². The molecule has 0 N–H and O–H groups in total. The lowest BCUT2D eigenvalue weighted by Crippen LogP contribution is -2.09. The Kier molecular flexibility index (Phi) is 3.47. The molecule has 4 aromatic rings. The van der Waals surface area contributed by atoms with E-state index in [2.05, 4.69) is 4.98 Å². The average Bonchev–Trinajstić information content (AvgIpc) is 3.02. The van der Waals surface area contributed by atoms with Gasteiger partial charge in [0.2, 0.25) is 5.78 Å². The van der Waals surface area contributed by atoms with Crippen LogP contribution in [0.4, 0.5) is 0 Å². The van der Waals surface area contributed by atoms with Gasteiger partial charge in [0.05, 0.1) is 11.2 Å². The van der Waals surface area contributed by atoms with E-state index in [-0.39, 0.29) is 5.78 Å². The number of nitrogens with zero attached hydrogens (tertiary/aromatic N) is 2. The zero-order valence-electron chi connectivity index (χ0n) is 13.3. The summed E-state index contributed by atoms with van der Waals surface area (Å²) in [6, 6.07) is 23.3. The molecule has 24 heavy (non-hydrogen) atoms. The van der Waals surface area contributed by atoms with E-state index in [0.29, 0.717) is 11.3 Å². The molecule has 2 aromatic heterocycles. The monoisotopic (exact) mass is 312 g/mol. The lowest BCUT2D eigenvalue weighted by atomic mass is 10.1. The second kappa shape index (κ2) is 5.78. The van der Waals surface area contributed by atoms with Gasteiger partial charge in [-0.2, -0.15) is 0 Å². The summed E-state index contributed by atoms with van der Waals surface area (Å²) in [5.41, 5.74) is 3.42. The molecule has 0 spiro atoms. The molecule has 4 rings (SSSR count). The highest BCUT2D eigenvalue weighted by Crippen LogP contribution is 2.25. The maximum absolute atomic E-state index is 13.1. The quantitative estimate of drug-likeness (QED) is 0.520. The number of fused-ring (bicyclic) bond motifs is 1. The van der Waals surface area contributed by atoms with Crippen LogP contribution >= 0.6 is 0 Å². The van der Waals surface area contributed by atoms with Crippen molar-refractivity contribution in [2.45, 2.75) is 6.92 Å². The number of benzene rings is 2. The molecule has 3 nitrogen and oxygen atoms in total. The van der Waals surface area contributed by atoms with Crippen LogP contribution in [0.15, 0.2) is 79.0 Å². The molecule has 0 aliphatic rings. The summed E-state index contributed by atoms with van der Waals surface area (Å²) < 4.78 is 1.93. The van der Waals surface area contributed by atoms with E-state index in [9.17, 15) is 4.79 Å². The van der Waals surface area contributed by atoms with Crippen molar-refractivity contribution in [2.24, 2.45) is 0 Å². The highest BCUT2D eigenvalue weighted by Gasteiger charge is 2.18. The van der Waals surface area contributed by atoms with Gasteiger partial charge < -0.3 is 0 Å². The summed E-state index contributed by atoms with van der Waals surface area (Å²) in [4.78, 5) is 17.5. The number of carbonyl (C=O) groups excluding carboxylic acids is 1. The van der Waals surface area contributed by atoms with E-state index >= 15 is 0 Å². The minimum absolute atomic E-state index is 0.00291. The van der Waals surface area contributed by atoms with Gasteiger partial charge >= 0.3 is 0 Å². The van der Waals surface area contributed by atoms with Crippen molar-refractivity contribution in [3.8, 4) is 5.82 Å². The van der Waals surface area contributed by atoms with Crippen molar-refractivity contribution >= 4 is 16.7 Å². The van der Waals surface area contributed by atoms with Gasteiger partial charge in [-0.15, -0.1) is 0 Å². The average molecular weight is 312 g/mol. The zero-order chi connectivity index (χ0) is 16.5. The topological polar surface area (TPSA) is 34.9 Å². The van der Waals surface area contributed by atoms with Crippen molar-refractivity contribution in [1.29, 1.82) is 0 Å². The van der Waals surface area contributed by atoms with Crippen LogP contribution in [0.3, 0.4) is 0 Å². The van der Waals surface area contributed by atoms with Crippen LogP contribution in [-0.2, 0) is 0 Å². The second-order valence-corrected chi connectivity index (χ2v) is 5.81. The maximum Gasteiger partial charge on any atom is 0.209 e. The molecule has 2 heterocycles. The number of rotatable bonds is 3. The summed E-state index contributed by atoms with van der Waals surface area (Å²) in [6.07, 6.45) is 1.74. The smallest absolute Gasteiger partial charge is 0.209 e. The number of aromatic nitrogens is 2. The minimum atomic E-state index is -0.00291. The number of hydrogen-bond acceptors (Lipinski definition) is 2. The first-order valence-corrected chi connectivity index (χ1v) is 7.87. The molecule has 0 saturated heterocycles. The highest BCUT2D eigenvalue weighted by atomic mass is 16.1. The number of aryl methyl sites for hydroxylation is 1. The van der Waals surface area contributed by atoms with Gasteiger partial charge in [0.1, 0.15) is 5.82 Å². The molecule has 0 atom stereocenters. The molecule has 0 unspecified atom stereocenters. The molecule has 3 heteroatoms. The molecule has 0 fully saturated rings. The fraction of sp³-hybridized carbons (Fsp3) is 0.0476. The van der Waals surface area contributed by atoms with Crippen LogP contribution in [-0.4, -0.2) is 15.3 Å². The van der Waals surface area contributed by atoms with E-state index in [0.717, 1.165) is 22.3 Å². The van der Waals surface area contributed by atoms with Crippen molar-refractivity contribution in [1.82, 2.24) is 9.55 Å². The van der Waals surface area contributed by atoms with Crippen LogP contribution < -0.4 is 0 Å². The van der Waals surface area contributed by atoms with Gasteiger partial charge in [0.15, 0.2) is 0 Å². The Bertz CT molecular complexity index is 1010. The molecule has 116 valence electrons. The molecule has 2 aromatic carbocycles. The van der Waals surface area contributed by atoms with Gasteiger partial charge in [-0.1, -0.05) is 54.1 Å². The molecule has 0 aliphatic carbocycles. The Hall–Kier alpha value is -3.20. The number of pyridine rings is 1. The van der Waals surface area contributed by atoms with Crippen molar-refractivity contribution in [3.05, 3.63) is 95.8 Å². The van der Waals surface area contributed by atoms with Gasteiger partial charge in [0.25, 0.3) is 0 Å². The number of ketones is 1. The first-order chi connectivity index (χ1) is 11.7. The van der Waals surface area contributed by atoms with E-state index in [4.69, 9.17) is 0 Å². The fourth-order valence-electron chi connectivity index (χ4n) is 2.91. The van der Waals surface area contributed by atoms with Crippen LogP contribution in [0.25, 0.3) is 16.7 Å². The third-order valence-electron chi connectivity index (χ3n) is 4.14. The second-order valence-electron chi connectivity index (χ2n) is 5.81. The number of para-hydroxylation sites is 1. The Morgan fingerprint density at radius 1 is 0.917 bits per heavy atom. The number of carbonyl (C=O) groups is 1. The fourth-order valence-corrected chi connectivity index (χ4v) is 2.91. The third-order valence-corrected chi connectivity index (χ3v) is 4.14. The Morgan fingerprint density at radius 2 is 1.67 bits per heavy atom. The first-order valence-electron chi connectivity index (χ1n) is 7.87. The van der Waals surface area contributed by atoms with Gasteiger partial charge in [-0.05, 0) is 31.2 Å². The standard InChI is InChI=1S/C21H16N2O/c1-15-9-11-16(12-10-15)21(24)19-14-17-6-2-3-7-18(17)23(19)20-8-4-5-13-22-20/h2-14H,1H3. The molecule has 0 amide bonds. The lowest BCUT2D eigenvalue weighted by Gasteiger charge is -2.09. The Balaban J connectivity index is 1.95. The Labute approximate surface area is 140 Å².